The molecular formula is C8H13NO. The molecule has 1 saturated heterocycles. The first kappa shape index (κ1) is 7.59. The Hall–Kier alpha value is -0.520. The molecule has 0 aromatic heterocycles. The summed E-state index contributed by atoms with van der Waals surface area (Å²) in [4.78, 5) is 0. The second-order valence-electron chi connectivity index (χ2n) is 2.64. The Kier molecular flexibility index (Phi) is 2.73. The van der Waals surface area contributed by atoms with Crippen molar-refractivity contribution in [2.24, 2.45) is 11.7 Å². The first-order valence-electron chi connectivity index (χ1n) is 3.64. The zero-order chi connectivity index (χ0) is 7.40. The van der Waals surface area contributed by atoms with E-state index in [0.29, 0.717) is 5.92 Å². The molecule has 0 amide bonds. The molecule has 1 heterocycles. The lowest BCUT2D eigenvalue weighted by molar-refractivity contribution is 0.0636. The highest BCUT2D eigenvalue weighted by atomic mass is 16.5. The SMILES string of the molecule is C#C[C@H](N)C1CCOCC1. The van der Waals surface area contributed by atoms with Crippen molar-refractivity contribution < 1.29 is 4.74 Å². The number of ether oxygens (including phenoxy) is 1. The summed E-state index contributed by atoms with van der Waals surface area (Å²) in [5.41, 5.74) is 5.66. The third-order valence-corrected chi connectivity index (χ3v) is 1.97. The molecule has 0 unspecified atom stereocenters. The van der Waals surface area contributed by atoms with E-state index in [4.69, 9.17) is 16.9 Å². The molecule has 0 aliphatic carbocycles. The quantitative estimate of drug-likeness (QED) is 0.533. The fourth-order valence-electron chi connectivity index (χ4n) is 1.21. The first-order chi connectivity index (χ1) is 4.84. The first-order valence-corrected chi connectivity index (χ1v) is 3.64. The van der Waals surface area contributed by atoms with Crippen molar-refractivity contribution in [3.63, 3.8) is 0 Å². The molecule has 2 N–H and O–H groups in total. The molecule has 2 heteroatoms. The highest BCUT2D eigenvalue weighted by molar-refractivity contribution is 5.00. The lowest BCUT2D eigenvalue weighted by atomic mass is 9.93. The highest BCUT2D eigenvalue weighted by Gasteiger charge is 2.18. The van der Waals surface area contributed by atoms with Crippen molar-refractivity contribution in [3.8, 4) is 12.3 Å². The maximum Gasteiger partial charge on any atom is 0.0692 e. The van der Waals surface area contributed by atoms with Gasteiger partial charge in [0.25, 0.3) is 0 Å². The van der Waals surface area contributed by atoms with Gasteiger partial charge in [-0.15, -0.1) is 6.42 Å². The Morgan fingerprint density at radius 1 is 1.50 bits per heavy atom. The number of rotatable bonds is 1. The fraction of sp³-hybridized carbons (Fsp3) is 0.750. The summed E-state index contributed by atoms with van der Waals surface area (Å²) in [5, 5.41) is 0. The van der Waals surface area contributed by atoms with Crippen LogP contribution in [0, 0.1) is 18.3 Å². The lowest BCUT2D eigenvalue weighted by Crippen LogP contribution is -2.32. The largest absolute Gasteiger partial charge is 0.381 e. The van der Waals surface area contributed by atoms with Crippen LogP contribution in [0.4, 0.5) is 0 Å². The van der Waals surface area contributed by atoms with Crippen LogP contribution in [-0.2, 0) is 4.74 Å². The molecule has 1 rings (SSSR count). The van der Waals surface area contributed by atoms with Crippen LogP contribution in [0.25, 0.3) is 0 Å². The molecule has 0 aromatic carbocycles. The van der Waals surface area contributed by atoms with Gasteiger partial charge in [0.15, 0.2) is 0 Å². The predicted molar refractivity (Wildman–Crippen MR) is 40.4 cm³/mol. The van der Waals surface area contributed by atoms with Crippen LogP contribution in [-0.4, -0.2) is 19.3 Å². The van der Waals surface area contributed by atoms with Gasteiger partial charge in [0.2, 0.25) is 0 Å². The molecule has 0 bridgehead atoms. The van der Waals surface area contributed by atoms with E-state index in [9.17, 15) is 0 Å². The number of hydrogen-bond acceptors (Lipinski definition) is 2. The second kappa shape index (κ2) is 3.60. The Balaban J connectivity index is 2.33. The Bertz CT molecular complexity index is 133. The molecule has 0 spiro atoms. The summed E-state index contributed by atoms with van der Waals surface area (Å²) < 4.78 is 5.17. The zero-order valence-electron chi connectivity index (χ0n) is 6.05. The van der Waals surface area contributed by atoms with Crippen molar-refractivity contribution in [1.82, 2.24) is 0 Å². The van der Waals surface area contributed by atoms with Crippen LogP contribution >= 0.6 is 0 Å². The zero-order valence-corrected chi connectivity index (χ0v) is 6.05. The van der Waals surface area contributed by atoms with Gasteiger partial charge >= 0.3 is 0 Å². The number of terminal acetylenes is 1. The van der Waals surface area contributed by atoms with E-state index >= 15 is 0 Å². The van der Waals surface area contributed by atoms with E-state index in [0.717, 1.165) is 26.1 Å². The van der Waals surface area contributed by atoms with Gasteiger partial charge in [-0.25, -0.2) is 0 Å². The van der Waals surface area contributed by atoms with Crippen LogP contribution < -0.4 is 5.73 Å². The molecule has 1 aliphatic rings. The van der Waals surface area contributed by atoms with E-state index in [-0.39, 0.29) is 6.04 Å². The molecule has 0 aromatic rings. The third kappa shape index (κ3) is 1.73. The van der Waals surface area contributed by atoms with E-state index < -0.39 is 0 Å². The van der Waals surface area contributed by atoms with E-state index in [1.807, 2.05) is 0 Å². The molecule has 0 radical (unpaired) electrons. The Morgan fingerprint density at radius 3 is 2.60 bits per heavy atom. The van der Waals surface area contributed by atoms with E-state index in [1.165, 1.54) is 0 Å². The van der Waals surface area contributed by atoms with Gasteiger partial charge in [-0.1, -0.05) is 5.92 Å². The molecule has 0 saturated carbocycles. The monoisotopic (exact) mass is 139 g/mol. The van der Waals surface area contributed by atoms with Gasteiger partial charge in [-0.3, -0.25) is 0 Å². The average Bonchev–Trinajstić information content (AvgIpc) is 2.05. The van der Waals surface area contributed by atoms with Crippen LogP contribution in [0.2, 0.25) is 0 Å². The van der Waals surface area contributed by atoms with Gasteiger partial charge in [-0.05, 0) is 18.8 Å². The smallest absolute Gasteiger partial charge is 0.0692 e. The van der Waals surface area contributed by atoms with Crippen molar-refractivity contribution >= 4 is 0 Å². The third-order valence-electron chi connectivity index (χ3n) is 1.97. The molecule has 1 aliphatic heterocycles. The van der Waals surface area contributed by atoms with Crippen LogP contribution in [0.3, 0.4) is 0 Å². The highest BCUT2D eigenvalue weighted by Crippen LogP contribution is 2.16. The minimum absolute atomic E-state index is 0.0658. The minimum Gasteiger partial charge on any atom is -0.381 e. The number of hydrogen-bond donors (Lipinski definition) is 1. The van der Waals surface area contributed by atoms with E-state index in [1.54, 1.807) is 0 Å². The fourth-order valence-corrected chi connectivity index (χ4v) is 1.21. The van der Waals surface area contributed by atoms with Crippen LogP contribution in [0.1, 0.15) is 12.8 Å². The van der Waals surface area contributed by atoms with Crippen molar-refractivity contribution in [2.75, 3.05) is 13.2 Å². The summed E-state index contributed by atoms with van der Waals surface area (Å²) in [6.45, 7) is 1.64. The molecule has 1 atom stereocenters. The number of nitrogens with two attached hydrogens (primary N) is 1. The molecule has 10 heavy (non-hydrogen) atoms. The Morgan fingerprint density at radius 2 is 2.10 bits per heavy atom. The van der Waals surface area contributed by atoms with E-state index in [2.05, 4.69) is 5.92 Å². The van der Waals surface area contributed by atoms with Gasteiger partial charge in [0.05, 0.1) is 6.04 Å². The second-order valence-corrected chi connectivity index (χ2v) is 2.64. The summed E-state index contributed by atoms with van der Waals surface area (Å²) in [6.07, 6.45) is 7.23. The standard InChI is InChI=1S/C8H13NO/c1-2-8(9)7-3-5-10-6-4-7/h1,7-8H,3-6,9H2/t8-/m0/s1. The average molecular weight is 139 g/mol. The van der Waals surface area contributed by atoms with Crippen LogP contribution in [0.15, 0.2) is 0 Å². The van der Waals surface area contributed by atoms with Gasteiger partial charge in [0.1, 0.15) is 0 Å². The van der Waals surface area contributed by atoms with Gasteiger partial charge in [-0.2, -0.15) is 0 Å². The summed E-state index contributed by atoms with van der Waals surface area (Å²) in [6, 6.07) is -0.0658. The molecular weight excluding hydrogens is 126 g/mol. The maximum absolute atomic E-state index is 5.66. The molecule has 2 nitrogen and oxygen atoms in total. The van der Waals surface area contributed by atoms with Crippen molar-refractivity contribution in [1.29, 1.82) is 0 Å². The van der Waals surface area contributed by atoms with Crippen LogP contribution in [0.5, 0.6) is 0 Å². The normalized spacial score (nSPS) is 23.6. The predicted octanol–water partition coefficient (Wildman–Crippen LogP) is 0.373. The topological polar surface area (TPSA) is 35.2 Å². The van der Waals surface area contributed by atoms with Gasteiger partial charge < -0.3 is 10.5 Å². The van der Waals surface area contributed by atoms with Crippen molar-refractivity contribution in [2.45, 2.75) is 18.9 Å². The molecule has 1 fully saturated rings. The minimum atomic E-state index is -0.0658. The van der Waals surface area contributed by atoms with Gasteiger partial charge in [0, 0.05) is 13.2 Å². The summed E-state index contributed by atoms with van der Waals surface area (Å²) >= 11 is 0. The Labute approximate surface area is 61.7 Å². The summed E-state index contributed by atoms with van der Waals surface area (Å²) in [5.74, 6) is 3.04. The summed E-state index contributed by atoms with van der Waals surface area (Å²) in [7, 11) is 0. The van der Waals surface area contributed by atoms with Crippen molar-refractivity contribution in [3.05, 3.63) is 0 Å². The lowest BCUT2D eigenvalue weighted by Gasteiger charge is -2.24. The maximum atomic E-state index is 5.66. The molecule has 56 valence electrons.